The summed E-state index contributed by atoms with van der Waals surface area (Å²) in [5.41, 5.74) is 0.509. The number of ether oxygens (including phenoxy) is 2. The molecular weight excluding hydrogens is 383 g/mol. The Morgan fingerprint density at radius 3 is 2.50 bits per heavy atom. The summed E-state index contributed by atoms with van der Waals surface area (Å²) in [6.07, 6.45) is 7.37. The fourth-order valence-electron chi connectivity index (χ4n) is 2.08. The molecule has 0 N–H and O–H groups in total. The Balaban J connectivity index is 0.000000696. The molecule has 0 saturated heterocycles. The van der Waals surface area contributed by atoms with Gasteiger partial charge in [-0.2, -0.15) is 0 Å². The third-order valence-corrected chi connectivity index (χ3v) is 3.27. The number of aryl methyl sites for hydroxylation is 1. The van der Waals surface area contributed by atoms with Gasteiger partial charge in [-0.05, 0) is 18.6 Å². The maximum atomic E-state index is 11.6. The van der Waals surface area contributed by atoms with E-state index in [1.165, 1.54) is 0 Å². The number of aromatic nitrogens is 2. The van der Waals surface area contributed by atoms with E-state index in [0.717, 1.165) is 6.29 Å². The van der Waals surface area contributed by atoms with E-state index in [1.54, 1.807) is 24.3 Å². The van der Waals surface area contributed by atoms with Crippen molar-refractivity contribution in [1.29, 1.82) is 0 Å². The lowest BCUT2D eigenvalue weighted by Gasteiger charge is -2.08. The van der Waals surface area contributed by atoms with Crippen molar-refractivity contribution in [3.8, 4) is 5.75 Å². The molecule has 0 aliphatic rings. The van der Waals surface area contributed by atoms with Crippen molar-refractivity contribution in [2.24, 2.45) is 7.05 Å². The number of rotatable bonds is 9. The lowest BCUT2D eigenvalue weighted by molar-refractivity contribution is -0.671. The van der Waals surface area contributed by atoms with Crippen LogP contribution in [0.25, 0.3) is 0 Å². The molecule has 0 unspecified atom stereocenters. The zero-order valence-electron chi connectivity index (χ0n) is 15.3. The van der Waals surface area contributed by atoms with Gasteiger partial charge in [0.2, 0.25) is 6.33 Å². The quantitative estimate of drug-likeness (QED) is 0.161. The number of carbonyl (C=O) groups is 2. The van der Waals surface area contributed by atoms with Gasteiger partial charge in [0.15, 0.2) is 6.29 Å². The zero-order valence-corrected chi connectivity index (χ0v) is 15.3. The minimum Gasteiger partial charge on any atom is -0.493 e. The van der Waals surface area contributed by atoms with Gasteiger partial charge >= 0.3 is 13.2 Å². The number of para-hydroxylation sites is 1. The van der Waals surface area contributed by atoms with Gasteiger partial charge in [-0.1, -0.05) is 12.1 Å². The van der Waals surface area contributed by atoms with Crippen molar-refractivity contribution in [3.63, 3.8) is 0 Å². The number of carbonyl (C=O) groups excluding carboxylic acids is 2. The highest BCUT2D eigenvalue weighted by Gasteiger charge is 2.20. The summed E-state index contributed by atoms with van der Waals surface area (Å²) in [6, 6.07) is 7.01. The number of imidazole rings is 1. The van der Waals surface area contributed by atoms with Gasteiger partial charge in [-0.25, -0.2) is 9.13 Å². The van der Waals surface area contributed by atoms with Crippen LogP contribution >= 0.6 is 0 Å². The molecule has 0 saturated carbocycles. The molecule has 2 rings (SSSR count). The highest BCUT2D eigenvalue weighted by Crippen LogP contribution is 2.15. The number of aldehydes is 1. The number of halogens is 4. The van der Waals surface area contributed by atoms with E-state index >= 15 is 0 Å². The fraction of sp³-hybridized carbons (Fsp3) is 0.353. The molecule has 0 bridgehead atoms. The average molecular weight is 404 g/mol. The van der Waals surface area contributed by atoms with E-state index in [1.807, 2.05) is 34.9 Å². The molecule has 11 heteroatoms. The first-order chi connectivity index (χ1) is 13.2. The van der Waals surface area contributed by atoms with E-state index in [-0.39, 0.29) is 5.97 Å². The maximum absolute atomic E-state index is 11.6. The van der Waals surface area contributed by atoms with Crippen molar-refractivity contribution < 1.29 is 40.9 Å². The van der Waals surface area contributed by atoms with Crippen molar-refractivity contribution >= 4 is 19.5 Å². The van der Waals surface area contributed by atoms with Crippen molar-refractivity contribution in [3.05, 3.63) is 48.5 Å². The van der Waals surface area contributed by atoms with Crippen LogP contribution in [0.2, 0.25) is 0 Å². The third kappa shape index (κ3) is 11.0. The monoisotopic (exact) mass is 404 g/mol. The zero-order chi connectivity index (χ0) is 21.0. The summed E-state index contributed by atoms with van der Waals surface area (Å²) in [7, 11) is -4.06. The van der Waals surface area contributed by atoms with Crippen LogP contribution in [-0.4, -0.2) is 37.3 Å². The predicted octanol–water partition coefficient (Wildman–Crippen LogP) is 2.83. The summed E-state index contributed by atoms with van der Waals surface area (Å²) in [6.45, 7) is 1.35. The summed E-state index contributed by atoms with van der Waals surface area (Å²) < 4.78 is 53.6. The van der Waals surface area contributed by atoms with Gasteiger partial charge in [0.05, 0.1) is 19.2 Å². The third-order valence-electron chi connectivity index (χ3n) is 3.27. The molecule has 0 fully saturated rings. The topological polar surface area (TPSA) is 61.4 Å². The summed E-state index contributed by atoms with van der Waals surface area (Å²) in [5, 5.41) is 0. The highest BCUT2D eigenvalue weighted by molar-refractivity contribution is 6.50. The normalized spacial score (nSPS) is 10.6. The molecule has 1 heterocycles. The van der Waals surface area contributed by atoms with Crippen LogP contribution in [0.4, 0.5) is 17.3 Å². The van der Waals surface area contributed by atoms with Crippen LogP contribution in [0, 0.1) is 0 Å². The van der Waals surface area contributed by atoms with Crippen LogP contribution in [0.15, 0.2) is 43.0 Å². The molecule has 2 aromatic rings. The molecular formula is C17H21BF4N2O4. The molecule has 0 spiro atoms. The molecule has 0 aliphatic carbocycles. The molecule has 0 atom stereocenters. The Morgan fingerprint density at radius 1 is 1.21 bits per heavy atom. The Hall–Kier alpha value is -2.85. The number of nitrogens with zero attached hydrogens (tertiary/aromatic N) is 2. The van der Waals surface area contributed by atoms with Gasteiger partial charge in [0.1, 0.15) is 31.3 Å². The molecule has 0 aliphatic heterocycles. The van der Waals surface area contributed by atoms with Crippen molar-refractivity contribution in [2.45, 2.75) is 19.4 Å². The number of esters is 1. The number of benzene rings is 1. The summed E-state index contributed by atoms with van der Waals surface area (Å²) in [5.74, 6) is 0.296. The Labute approximate surface area is 159 Å². The molecule has 0 amide bonds. The average Bonchev–Trinajstić information content (AvgIpc) is 3.03. The first-order valence-electron chi connectivity index (χ1n) is 8.40. The van der Waals surface area contributed by atoms with Crippen LogP contribution in [-0.2, 0) is 23.1 Å². The number of hydrogen-bond donors (Lipinski definition) is 0. The van der Waals surface area contributed by atoms with Crippen LogP contribution < -0.4 is 9.30 Å². The minimum absolute atomic E-state index is 0.242. The fourth-order valence-corrected chi connectivity index (χ4v) is 2.08. The van der Waals surface area contributed by atoms with Crippen LogP contribution in [0.5, 0.6) is 5.75 Å². The Bertz CT molecular complexity index is 747. The van der Waals surface area contributed by atoms with Crippen LogP contribution in [0.1, 0.15) is 23.2 Å². The van der Waals surface area contributed by atoms with Crippen molar-refractivity contribution in [1.82, 2.24) is 4.57 Å². The molecule has 154 valence electrons. The molecule has 28 heavy (non-hydrogen) atoms. The first-order valence-corrected chi connectivity index (χ1v) is 8.40. The first kappa shape index (κ1) is 23.2. The highest BCUT2D eigenvalue weighted by atomic mass is 19.5. The predicted molar refractivity (Wildman–Crippen MR) is 93.3 cm³/mol. The minimum atomic E-state index is -6.00. The van der Waals surface area contributed by atoms with Crippen molar-refractivity contribution in [2.75, 3.05) is 13.2 Å². The second-order valence-corrected chi connectivity index (χ2v) is 5.64. The van der Waals surface area contributed by atoms with Gasteiger partial charge < -0.3 is 26.7 Å². The van der Waals surface area contributed by atoms with Crippen LogP contribution in [0.3, 0.4) is 0 Å². The van der Waals surface area contributed by atoms with Gasteiger partial charge in [0, 0.05) is 6.42 Å². The van der Waals surface area contributed by atoms with E-state index in [4.69, 9.17) is 9.47 Å². The Morgan fingerprint density at radius 2 is 1.89 bits per heavy atom. The standard InChI is InChI=1S/C17H21N2O4.BF4/c1-18-8-9-19(14-18)10-12-23-17(21)7-4-11-22-16-6-3-2-5-15(16)13-20;2-1(3,4)5/h2-3,5-6,8-9,13-14H,4,7,10-12H2,1H3;/q+1;-1. The SMILES string of the molecule is C[n+]1ccn(CCOC(=O)CCCOc2ccccc2C=O)c1.F[B-](F)(F)F. The molecule has 0 radical (unpaired) electrons. The van der Waals surface area contributed by atoms with E-state index in [9.17, 15) is 26.9 Å². The smallest absolute Gasteiger partial charge is 0.493 e. The lowest BCUT2D eigenvalue weighted by atomic mass is 10.2. The largest absolute Gasteiger partial charge is 0.673 e. The second-order valence-electron chi connectivity index (χ2n) is 5.64. The molecule has 1 aromatic heterocycles. The maximum Gasteiger partial charge on any atom is 0.673 e. The lowest BCUT2D eigenvalue weighted by Crippen LogP contribution is -2.24. The van der Waals surface area contributed by atoms with Gasteiger partial charge in [-0.15, -0.1) is 0 Å². The summed E-state index contributed by atoms with van der Waals surface area (Å²) >= 11 is 0. The molecule has 1 aromatic carbocycles. The van der Waals surface area contributed by atoms with E-state index in [0.29, 0.717) is 43.9 Å². The van der Waals surface area contributed by atoms with Gasteiger partial charge in [-0.3, -0.25) is 9.59 Å². The number of hydrogen-bond acceptors (Lipinski definition) is 4. The van der Waals surface area contributed by atoms with Gasteiger partial charge in [0.25, 0.3) is 0 Å². The molecule has 6 nitrogen and oxygen atoms in total. The second kappa shape index (κ2) is 11.8. The summed E-state index contributed by atoms with van der Waals surface area (Å²) in [4.78, 5) is 22.5. The Kier molecular flexibility index (Phi) is 9.76. The van der Waals surface area contributed by atoms with E-state index in [2.05, 4.69) is 0 Å². The van der Waals surface area contributed by atoms with E-state index < -0.39 is 7.25 Å².